The van der Waals surface area contributed by atoms with Gasteiger partial charge in [-0.2, -0.15) is 0 Å². The molecule has 0 atom stereocenters. The number of phenolic OH excluding ortho intramolecular Hbond substituents is 2. The molecule has 0 aliphatic rings. The number of benzene rings is 2. The maximum Gasteiger partial charge on any atom is 0.340 e. The molecular weight excluding hydrogens is 260 g/mol. The summed E-state index contributed by atoms with van der Waals surface area (Å²) >= 11 is 0. The number of aromatic carboxylic acids is 1. The highest BCUT2D eigenvalue weighted by molar-refractivity contribution is 5.96. The normalized spacial score (nSPS) is 10.8. The van der Waals surface area contributed by atoms with E-state index in [-0.39, 0.29) is 22.6 Å². The van der Waals surface area contributed by atoms with Gasteiger partial charge in [0.05, 0.1) is 0 Å². The van der Waals surface area contributed by atoms with Gasteiger partial charge in [-0.1, -0.05) is 24.3 Å². The molecule has 102 valence electrons. The SMILES string of the molecule is O=C(O)c1c(O)cc(O)cc1C=Cc1ccc(O)cc1. The fourth-order valence-corrected chi connectivity index (χ4v) is 1.77. The van der Waals surface area contributed by atoms with E-state index in [0.29, 0.717) is 0 Å². The van der Waals surface area contributed by atoms with Crippen molar-refractivity contribution in [3.8, 4) is 17.2 Å². The van der Waals surface area contributed by atoms with Crippen molar-refractivity contribution in [1.29, 1.82) is 0 Å². The number of rotatable bonds is 3. The van der Waals surface area contributed by atoms with Crippen LogP contribution in [0.2, 0.25) is 0 Å². The molecule has 0 unspecified atom stereocenters. The first-order valence-electron chi connectivity index (χ1n) is 5.74. The Morgan fingerprint density at radius 2 is 1.55 bits per heavy atom. The Hall–Kier alpha value is -2.95. The van der Waals surface area contributed by atoms with Crippen molar-refractivity contribution in [2.45, 2.75) is 0 Å². The second-order valence-corrected chi connectivity index (χ2v) is 4.16. The van der Waals surface area contributed by atoms with Gasteiger partial charge in [0, 0.05) is 6.07 Å². The number of carboxylic acid groups (broad SMARTS) is 1. The van der Waals surface area contributed by atoms with Crippen LogP contribution in [0.4, 0.5) is 0 Å². The van der Waals surface area contributed by atoms with Crippen molar-refractivity contribution < 1.29 is 25.2 Å². The molecule has 5 nitrogen and oxygen atoms in total. The molecule has 2 aromatic rings. The third-order valence-corrected chi connectivity index (χ3v) is 2.70. The van der Waals surface area contributed by atoms with E-state index in [0.717, 1.165) is 11.6 Å². The molecule has 0 radical (unpaired) electrons. The van der Waals surface area contributed by atoms with Gasteiger partial charge in [-0.25, -0.2) is 4.79 Å². The van der Waals surface area contributed by atoms with E-state index in [1.54, 1.807) is 18.2 Å². The van der Waals surface area contributed by atoms with Gasteiger partial charge in [-0.05, 0) is 29.3 Å². The van der Waals surface area contributed by atoms with Crippen LogP contribution in [-0.2, 0) is 0 Å². The lowest BCUT2D eigenvalue weighted by Crippen LogP contribution is -2.00. The molecule has 0 aliphatic heterocycles. The fraction of sp³-hybridized carbons (Fsp3) is 0. The molecule has 0 fully saturated rings. The van der Waals surface area contributed by atoms with Crippen molar-refractivity contribution in [2.75, 3.05) is 0 Å². The third kappa shape index (κ3) is 2.89. The lowest BCUT2D eigenvalue weighted by Gasteiger charge is -2.05. The number of aromatic hydroxyl groups is 3. The lowest BCUT2D eigenvalue weighted by molar-refractivity contribution is 0.0693. The Morgan fingerprint density at radius 1 is 0.900 bits per heavy atom. The molecule has 0 aliphatic carbocycles. The summed E-state index contributed by atoms with van der Waals surface area (Å²) in [6, 6.07) is 8.51. The Labute approximate surface area is 114 Å². The van der Waals surface area contributed by atoms with E-state index in [1.807, 2.05) is 0 Å². The van der Waals surface area contributed by atoms with Crippen molar-refractivity contribution in [2.24, 2.45) is 0 Å². The quantitative estimate of drug-likeness (QED) is 0.644. The van der Waals surface area contributed by atoms with Crippen molar-refractivity contribution in [3.05, 3.63) is 53.1 Å². The summed E-state index contributed by atoms with van der Waals surface area (Å²) in [5.74, 6) is -1.88. The van der Waals surface area contributed by atoms with E-state index in [2.05, 4.69) is 0 Å². The number of hydrogen-bond acceptors (Lipinski definition) is 4. The summed E-state index contributed by atoms with van der Waals surface area (Å²) in [5, 5.41) is 37.2. The topological polar surface area (TPSA) is 98.0 Å². The molecule has 2 aromatic carbocycles. The van der Waals surface area contributed by atoms with Crippen molar-refractivity contribution >= 4 is 18.1 Å². The Kier molecular flexibility index (Phi) is 3.61. The molecule has 0 amide bonds. The second kappa shape index (κ2) is 5.36. The van der Waals surface area contributed by atoms with Crippen LogP contribution in [-0.4, -0.2) is 26.4 Å². The van der Waals surface area contributed by atoms with Crippen LogP contribution in [0.15, 0.2) is 36.4 Å². The van der Waals surface area contributed by atoms with Gasteiger partial charge in [0.2, 0.25) is 0 Å². The molecular formula is C15H12O5. The van der Waals surface area contributed by atoms with Crippen molar-refractivity contribution in [1.82, 2.24) is 0 Å². The first kappa shape index (κ1) is 13.5. The zero-order valence-electron chi connectivity index (χ0n) is 10.3. The number of carbonyl (C=O) groups is 1. The zero-order chi connectivity index (χ0) is 14.7. The van der Waals surface area contributed by atoms with Gasteiger partial charge >= 0.3 is 5.97 Å². The smallest absolute Gasteiger partial charge is 0.340 e. The second-order valence-electron chi connectivity index (χ2n) is 4.16. The van der Waals surface area contributed by atoms with Gasteiger partial charge in [-0.15, -0.1) is 0 Å². The van der Waals surface area contributed by atoms with E-state index >= 15 is 0 Å². The van der Waals surface area contributed by atoms with Crippen LogP contribution in [0.5, 0.6) is 17.2 Å². The average molecular weight is 272 g/mol. The van der Waals surface area contributed by atoms with Crippen LogP contribution in [0, 0.1) is 0 Å². The van der Waals surface area contributed by atoms with E-state index in [9.17, 15) is 15.0 Å². The fourth-order valence-electron chi connectivity index (χ4n) is 1.77. The van der Waals surface area contributed by atoms with Gasteiger partial charge in [0.1, 0.15) is 22.8 Å². The highest BCUT2D eigenvalue weighted by atomic mass is 16.4. The van der Waals surface area contributed by atoms with Crippen LogP contribution in [0.25, 0.3) is 12.2 Å². The van der Waals surface area contributed by atoms with Gasteiger partial charge in [-0.3, -0.25) is 0 Å². The lowest BCUT2D eigenvalue weighted by atomic mass is 10.0. The Morgan fingerprint density at radius 3 is 2.15 bits per heavy atom. The predicted molar refractivity (Wildman–Crippen MR) is 73.8 cm³/mol. The molecule has 0 heterocycles. The summed E-state index contributed by atoms with van der Waals surface area (Å²) in [6.07, 6.45) is 3.08. The maximum absolute atomic E-state index is 11.1. The van der Waals surface area contributed by atoms with Gasteiger partial charge in [0.25, 0.3) is 0 Å². The van der Waals surface area contributed by atoms with Crippen LogP contribution in [0.3, 0.4) is 0 Å². The molecule has 0 aromatic heterocycles. The van der Waals surface area contributed by atoms with E-state index in [1.165, 1.54) is 24.3 Å². The first-order valence-corrected chi connectivity index (χ1v) is 5.74. The largest absolute Gasteiger partial charge is 0.508 e. The minimum absolute atomic E-state index is 0.128. The number of hydrogen-bond donors (Lipinski definition) is 4. The molecule has 4 N–H and O–H groups in total. The van der Waals surface area contributed by atoms with Gasteiger partial charge < -0.3 is 20.4 Å². The highest BCUT2D eigenvalue weighted by Gasteiger charge is 2.15. The average Bonchev–Trinajstić information content (AvgIpc) is 2.36. The summed E-state index contributed by atoms with van der Waals surface area (Å²) in [4.78, 5) is 11.1. The Bertz CT molecular complexity index is 671. The Balaban J connectivity index is 2.42. The minimum atomic E-state index is -1.28. The molecule has 0 bridgehead atoms. The van der Waals surface area contributed by atoms with Crippen LogP contribution >= 0.6 is 0 Å². The molecule has 20 heavy (non-hydrogen) atoms. The molecule has 2 rings (SSSR count). The van der Waals surface area contributed by atoms with Crippen molar-refractivity contribution in [3.63, 3.8) is 0 Å². The molecule has 0 saturated heterocycles. The van der Waals surface area contributed by atoms with Crippen LogP contribution in [0.1, 0.15) is 21.5 Å². The van der Waals surface area contributed by atoms with E-state index in [4.69, 9.17) is 10.2 Å². The number of phenols is 3. The van der Waals surface area contributed by atoms with E-state index < -0.39 is 11.7 Å². The molecule has 5 heteroatoms. The van der Waals surface area contributed by atoms with Gasteiger partial charge in [0.15, 0.2) is 0 Å². The minimum Gasteiger partial charge on any atom is -0.508 e. The van der Waals surface area contributed by atoms with Crippen LogP contribution < -0.4 is 0 Å². The molecule has 0 spiro atoms. The maximum atomic E-state index is 11.1. The molecule has 0 saturated carbocycles. The standard InChI is InChI=1S/C15H12O5/c16-11-5-2-9(3-6-11)1-4-10-7-12(17)8-13(18)14(10)15(19)20/h1-8,16-18H,(H,19,20). The summed E-state index contributed by atoms with van der Waals surface area (Å²) in [6.45, 7) is 0. The summed E-state index contributed by atoms with van der Waals surface area (Å²) < 4.78 is 0. The predicted octanol–water partition coefficient (Wildman–Crippen LogP) is 2.67. The monoisotopic (exact) mass is 272 g/mol. The highest BCUT2D eigenvalue weighted by Crippen LogP contribution is 2.28. The number of carboxylic acids is 1. The summed E-state index contributed by atoms with van der Waals surface area (Å²) in [5.41, 5.74) is 0.642. The summed E-state index contributed by atoms with van der Waals surface area (Å²) in [7, 11) is 0. The first-order chi connectivity index (χ1) is 9.47. The third-order valence-electron chi connectivity index (χ3n) is 2.70. The zero-order valence-corrected chi connectivity index (χ0v) is 10.3.